The van der Waals surface area contributed by atoms with Crippen molar-refractivity contribution >= 4 is 0 Å². The van der Waals surface area contributed by atoms with Crippen LogP contribution in [0.15, 0.2) is 109 Å². The quantitative estimate of drug-likeness (QED) is 0.498. The Balaban J connectivity index is 0.000000152. The van der Waals surface area contributed by atoms with Crippen molar-refractivity contribution in [2.24, 2.45) is 0 Å². The minimum absolute atomic E-state index is 0.630. The molecule has 0 unspecified atom stereocenters. The lowest BCUT2D eigenvalue weighted by Gasteiger charge is -2.05. The maximum Gasteiger partial charge on any atom is 0.119 e. The highest BCUT2D eigenvalue weighted by Crippen LogP contribution is 2.11. The van der Waals surface area contributed by atoms with Crippen LogP contribution in [0.5, 0.6) is 5.75 Å². The van der Waals surface area contributed by atoms with Gasteiger partial charge in [-0.3, -0.25) is 9.97 Å². The fourth-order valence-corrected chi connectivity index (χ4v) is 2.29. The van der Waals surface area contributed by atoms with Crippen molar-refractivity contribution < 1.29 is 4.74 Å². The number of pyridine rings is 2. The van der Waals surface area contributed by atoms with E-state index < -0.39 is 0 Å². The van der Waals surface area contributed by atoms with E-state index in [9.17, 15) is 0 Å². The molecule has 0 aliphatic rings. The second-order valence-corrected chi connectivity index (χ2v) is 5.52. The first-order valence-electron chi connectivity index (χ1n) is 8.46. The van der Waals surface area contributed by atoms with Crippen LogP contribution in [0, 0.1) is 0 Å². The van der Waals surface area contributed by atoms with E-state index in [4.69, 9.17) is 4.74 Å². The molecule has 128 valence electrons. The molecule has 0 N–H and O–H groups in total. The number of ether oxygens (including phenoxy) is 1. The lowest BCUT2D eigenvalue weighted by molar-refractivity contribution is 0.306. The minimum Gasteiger partial charge on any atom is -0.489 e. The molecule has 2 heterocycles. The fraction of sp³-hybridized carbons (Fsp3) is 0.0435. The number of benzene rings is 2. The number of hydrogen-bond donors (Lipinski definition) is 0. The van der Waals surface area contributed by atoms with Crippen LogP contribution in [0.25, 0.3) is 11.4 Å². The van der Waals surface area contributed by atoms with Crippen LogP contribution in [-0.4, -0.2) is 9.97 Å². The molecule has 3 nitrogen and oxygen atoms in total. The van der Waals surface area contributed by atoms with Crippen LogP contribution in [0.2, 0.25) is 0 Å². The van der Waals surface area contributed by atoms with Gasteiger partial charge in [0.2, 0.25) is 0 Å². The number of rotatable bonds is 4. The van der Waals surface area contributed by atoms with Gasteiger partial charge in [0.15, 0.2) is 0 Å². The van der Waals surface area contributed by atoms with Crippen LogP contribution >= 0.6 is 0 Å². The summed E-state index contributed by atoms with van der Waals surface area (Å²) in [6.45, 7) is 0.630. The smallest absolute Gasteiger partial charge is 0.119 e. The SMILES string of the molecule is c1ccc(-c2ccccn2)nc1.c1ccc(COc2ccccc2)cc1. The first-order valence-corrected chi connectivity index (χ1v) is 8.46. The zero-order valence-corrected chi connectivity index (χ0v) is 14.4. The number of aromatic nitrogens is 2. The molecule has 0 saturated heterocycles. The minimum atomic E-state index is 0.630. The van der Waals surface area contributed by atoms with E-state index in [2.05, 4.69) is 22.1 Å². The van der Waals surface area contributed by atoms with Gasteiger partial charge in [0, 0.05) is 12.4 Å². The Morgan fingerprint density at radius 1 is 0.538 bits per heavy atom. The summed E-state index contributed by atoms with van der Waals surface area (Å²) in [6, 6.07) is 31.6. The molecule has 4 aromatic rings. The van der Waals surface area contributed by atoms with E-state index >= 15 is 0 Å². The molecular weight excluding hydrogens is 320 g/mol. The molecule has 0 saturated carbocycles. The van der Waals surface area contributed by atoms with E-state index in [-0.39, 0.29) is 0 Å². The summed E-state index contributed by atoms with van der Waals surface area (Å²) in [5.41, 5.74) is 3.02. The molecule has 0 aliphatic carbocycles. The van der Waals surface area contributed by atoms with Gasteiger partial charge in [-0.05, 0) is 42.0 Å². The van der Waals surface area contributed by atoms with E-state index in [1.54, 1.807) is 12.4 Å². The number of para-hydroxylation sites is 1. The second kappa shape index (κ2) is 9.74. The zero-order chi connectivity index (χ0) is 17.9. The summed E-state index contributed by atoms with van der Waals surface area (Å²) in [5, 5.41) is 0. The second-order valence-electron chi connectivity index (χ2n) is 5.52. The van der Waals surface area contributed by atoms with Crippen molar-refractivity contribution in [2.75, 3.05) is 0 Å². The average molecular weight is 340 g/mol. The van der Waals surface area contributed by atoms with E-state index in [1.807, 2.05) is 84.9 Å². The van der Waals surface area contributed by atoms with Crippen molar-refractivity contribution in [3.05, 3.63) is 115 Å². The third-order valence-electron chi connectivity index (χ3n) is 3.58. The van der Waals surface area contributed by atoms with Crippen LogP contribution in [0.4, 0.5) is 0 Å². The van der Waals surface area contributed by atoms with Gasteiger partial charge < -0.3 is 4.74 Å². The molecule has 0 atom stereocenters. The molecular formula is C23H20N2O. The zero-order valence-electron chi connectivity index (χ0n) is 14.4. The molecule has 0 fully saturated rings. The summed E-state index contributed by atoms with van der Waals surface area (Å²) in [6.07, 6.45) is 3.54. The lowest BCUT2D eigenvalue weighted by atomic mass is 10.2. The first-order chi connectivity index (χ1) is 12.9. The molecule has 0 spiro atoms. The molecule has 2 aromatic heterocycles. The topological polar surface area (TPSA) is 35.0 Å². The summed E-state index contributed by atoms with van der Waals surface area (Å²) >= 11 is 0. The maximum absolute atomic E-state index is 5.59. The van der Waals surface area contributed by atoms with Crippen LogP contribution in [-0.2, 0) is 6.61 Å². The van der Waals surface area contributed by atoms with Gasteiger partial charge in [-0.25, -0.2) is 0 Å². The summed E-state index contributed by atoms with van der Waals surface area (Å²) in [4.78, 5) is 8.37. The van der Waals surface area contributed by atoms with Gasteiger partial charge >= 0.3 is 0 Å². The van der Waals surface area contributed by atoms with Gasteiger partial charge in [0.1, 0.15) is 12.4 Å². The van der Waals surface area contributed by atoms with Crippen molar-refractivity contribution in [1.29, 1.82) is 0 Å². The fourth-order valence-electron chi connectivity index (χ4n) is 2.29. The van der Waals surface area contributed by atoms with E-state index in [1.165, 1.54) is 5.56 Å². The van der Waals surface area contributed by atoms with Gasteiger partial charge in [0.25, 0.3) is 0 Å². The normalized spacial score (nSPS) is 9.69. The third-order valence-corrected chi connectivity index (χ3v) is 3.58. The Hall–Kier alpha value is -3.46. The van der Waals surface area contributed by atoms with Crippen molar-refractivity contribution in [1.82, 2.24) is 9.97 Å². The Kier molecular flexibility index (Phi) is 6.51. The van der Waals surface area contributed by atoms with Gasteiger partial charge in [-0.2, -0.15) is 0 Å². The van der Waals surface area contributed by atoms with E-state index in [0.29, 0.717) is 6.61 Å². The summed E-state index contributed by atoms with van der Waals surface area (Å²) < 4.78 is 5.59. The third kappa shape index (κ3) is 5.56. The standard InChI is InChI=1S/C13H12O.C10H8N2/c1-3-7-12(8-4-1)11-14-13-9-5-2-6-10-13;1-3-7-11-9(5-1)10-6-2-4-8-12-10/h1-10H,11H2;1-8H. The van der Waals surface area contributed by atoms with Gasteiger partial charge in [0.05, 0.1) is 11.4 Å². The molecule has 3 heteroatoms. The highest BCUT2D eigenvalue weighted by molar-refractivity contribution is 5.52. The molecule has 4 rings (SSSR count). The first kappa shape index (κ1) is 17.4. The molecule has 0 radical (unpaired) electrons. The van der Waals surface area contributed by atoms with Crippen LogP contribution in [0.1, 0.15) is 5.56 Å². The summed E-state index contributed by atoms with van der Waals surface area (Å²) in [7, 11) is 0. The Labute approximate surface area is 154 Å². The van der Waals surface area contributed by atoms with Gasteiger partial charge in [-0.15, -0.1) is 0 Å². The maximum atomic E-state index is 5.59. The molecule has 2 aromatic carbocycles. The van der Waals surface area contributed by atoms with Gasteiger partial charge in [-0.1, -0.05) is 60.7 Å². The molecule has 0 bridgehead atoms. The highest BCUT2D eigenvalue weighted by Gasteiger charge is 1.95. The Morgan fingerprint density at radius 2 is 1.04 bits per heavy atom. The van der Waals surface area contributed by atoms with Crippen molar-refractivity contribution in [2.45, 2.75) is 6.61 Å². The molecule has 0 aliphatic heterocycles. The largest absolute Gasteiger partial charge is 0.489 e. The van der Waals surface area contributed by atoms with Crippen molar-refractivity contribution in [3.63, 3.8) is 0 Å². The predicted octanol–water partition coefficient (Wildman–Crippen LogP) is 5.41. The average Bonchev–Trinajstić information content (AvgIpc) is 2.75. The van der Waals surface area contributed by atoms with Crippen LogP contribution < -0.4 is 4.74 Å². The number of nitrogens with zero attached hydrogens (tertiary/aromatic N) is 2. The number of hydrogen-bond acceptors (Lipinski definition) is 3. The highest BCUT2D eigenvalue weighted by atomic mass is 16.5. The Morgan fingerprint density at radius 3 is 1.54 bits per heavy atom. The summed E-state index contributed by atoms with van der Waals surface area (Å²) in [5.74, 6) is 0.913. The molecule has 0 amide bonds. The van der Waals surface area contributed by atoms with E-state index in [0.717, 1.165) is 17.1 Å². The predicted molar refractivity (Wildman–Crippen MR) is 105 cm³/mol. The lowest BCUT2D eigenvalue weighted by Crippen LogP contribution is -1.94. The monoisotopic (exact) mass is 340 g/mol. The van der Waals surface area contributed by atoms with Crippen LogP contribution in [0.3, 0.4) is 0 Å². The molecule has 26 heavy (non-hydrogen) atoms. The van der Waals surface area contributed by atoms with Crippen molar-refractivity contribution in [3.8, 4) is 17.1 Å². The Bertz CT molecular complexity index is 790.